The van der Waals surface area contributed by atoms with Crippen molar-refractivity contribution in [1.29, 1.82) is 0 Å². The van der Waals surface area contributed by atoms with Gasteiger partial charge in [-0.05, 0) is 0 Å². The monoisotopic (exact) mass is 241 g/mol. The number of halogens is 3. The van der Waals surface area contributed by atoms with Crippen LogP contribution < -0.4 is 10.9 Å². The summed E-state index contributed by atoms with van der Waals surface area (Å²) in [7, 11) is -4.61. The molecule has 0 spiro atoms. The van der Waals surface area contributed by atoms with Crippen molar-refractivity contribution in [1.82, 2.24) is 4.98 Å². The van der Waals surface area contributed by atoms with Crippen molar-refractivity contribution in [2.75, 3.05) is 5.73 Å². The summed E-state index contributed by atoms with van der Waals surface area (Å²) >= 11 is 0. The molecule has 1 aromatic heterocycles. The molecule has 1 rings (SSSR count). The number of nitrogen functional groups attached to an aromatic ring is 1. The molecule has 4 N–H and O–H groups in total. The molecule has 0 saturated carbocycles. The van der Waals surface area contributed by atoms with Crippen molar-refractivity contribution in [3.8, 4) is 0 Å². The largest absolute Gasteiger partial charge is 0.383 e. The summed E-state index contributed by atoms with van der Waals surface area (Å²) in [6.45, 7) is 0. The number of hydrogen-bond acceptors (Lipinski definition) is 4. The second-order valence-corrected chi connectivity index (χ2v) is 4.08. The Kier molecular flexibility index (Phi) is 2.86. The highest BCUT2D eigenvalue weighted by Crippen LogP contribution is 2.31. The quantitative estimate of drug-likeness (QED) is 0.782. The molecular formula is C6H6F3N3O2S. The maximum absolute atomic E-state index is 13.0. The van der Waals surface area contributed by atoms with Crippen molar-refractivity contribution < 1.29 is 21.6 Å². The predicted molar refractivity (Wildman–Crippen MR) is 44.9 cm³/mol. The van der Waals surface area contributed by atoms with Gasteiger partial charge in [0, 0.05) is 0 Å². The van der Waals surface area contributed by atoms with Crippen molar-refractivity contribution in [2.45, 2.75) is 11.3 Å². The van der Waals surface area contributed by atoms with Crippen molar-refractivity contribution in [3.63, 3.8) is 0 Å². The molecule has 0 radical (unpaired) electrons. The lowest BCUT2D eigenvalue weighted by molar-refractivity contribution is 0.147. The number of sulfonamides is 1. The van der Waals surface area contributed by atoms with Crippen LogP contribution in [0.1, 0.15) is 12.0 Å². The van der Waals surface area contributed by atoms with Crippen LogP contribution in [0.4, 0.5) is 19.0 Å². The third kappa shape index (κ3) is 2.18. The molecule has 9 heteroatoms. The van der Waals surface area contributed by atoms with Gasteiger partial charge in [0.1, 0.15) is 10.7 Å². The normalized spacial score (nSPS) is 12.1. The maximum atomic E-state index is 13.0. The molecule has 0 aliphatic carbocycles. The minimum absolute atomic E-state index is 0.418. The highest BCUT2D eigenvalue weighted by molar-refractivity contribution is 7.89. The van der Waals surface area contributed by atoms with Gasteiger partial charge in [-0.15, -0.1) is 0 Å². The second-order valence-electron chi connectivity index (χ2n) is 2.58. The minimum atomic E-state index is -4.61. The van der Waals surface area contributed by atoms with E-state index in [0.29, 0.717) is 6.20 Å². The van der Waals surface area contributed by atoms with Gasteiger partial charge < -0.3 is 5.73 Å². The van der Waals surface area contributed by atoms with Crippen LogP contribution in [0.2, 0.25) is 0 Å². The zero-order valence-electron chi connectivity index (χ0n) is 7.12. The van der Waals surface area contributed by atoms with Gasteiger partial charge in [0.05, 0.1) is 11.8 Å². The lowest BCUT2D eigenvalue weighted by Gasteiger charge is -2.09. The summed E-state index contributed by atoms with van der Waals surface area (Å²) in [4.78, 5) is 1.76. The Morgan fingerprint density at radius 3 is 2.27 bits per heavy atom. The van der Waals surface area contributed by atoms with Crippen molar-refractivity contribution in [2.24, 2.45) is 5.14 Å². The van der Waals surface area contributed by atoms with Crippen LogP contribution in [-0.2, 0) is 10.0 Å². The number of rotatable bonds is 2. The summed E-state index contributed by atoms with van der Waals surface area (Å²) in [6, 6.07) is 0. The minimum Gasteiger partial charge on any atom is -0.383 e. The Morgan fingerprint density at radius 1 is 1.40 bits per heavy atom. The van der Waals surface area contributed by atoms with E-state index in [9.17, 15) is 21.6 Å². The molecule has 0 amide bonds. The summed E-state index contributed by atoms with van der Waals surface area (Å²) < 4.78 is 59.5. The Bertz CT molecular complexity index is 489. The molecule has 1 heterocycles. The first kappa shape index (κ1) is 11.7. The van der Waals surface area contributed by atoms with E-state index in [1.807, 2.05) is 0 Å². The van der Waals surface area contributed by atoms with Gasteiger partial charge in [-0.3, -0.25) is 0 Å². The third-order valence-corrected chi connectivity index (χ3v) is 2.54. The van der Waals surface area contributed by atoms with Gasteiger partial charge in [-0.1, -0.05) is 0 Å². The number of aromatic nitrogens is 1. The highest BCUT2D eigenvalue weighted by Gasteiger charge is 2.28. The molecule has 0 fully saturated rings. The van der Waals surface area contributed by atoms with Crippen LogP contribution in [0.25, 0.3) is 0 Å². The number of nitrogens with zero attached hydrogens (tertiary/aromatic N) is 1. The van der Waals surface area contributed by atoms with E-state index in [1.54, 1.807) is 0 Å². The smallest absolute Gasteiger partial charge is 0.268 e. The molecule has 5 nitrogen and oxygen atoms in total. The molecule has 0 aliphatic rings. The molecular weight excluding hydrogens is 235 g/mol. The maximum Gasteiger partial charge on any atom is 0.268 e. The van der Waals surface area contributed by atoms with E-state index >= 15 is 0 Å². The molecule has 0 aromatic carbocycles. The summed E-state index contributed by atoms with van der Waals surface area (Å²) in [5, 5.41) is 4.58. The lowest BCUT2D eigenvalue weighted by atomic mass is 10.2. The fourth-order valence-corrected chi connectivity index (χ4v) is 1.82. The fraction of sp³-hybridized carbons (Fsp3) is 0.167. The van der Waals surface area contributed by atoms with Crippen LogP contribution in [0.15, 0.2) is 11.1 Å². The standard InChI is InChI=1S/C6H6F3N3O2S/c7-2-1-12-6(10)3(5(8)9)4(2)15(11,13)14/h1,5H,(H2,10,12)(H2,11,13,14). The fourth-order valence-electron chi connectivity index (χ4n) is 0.999. The number of pyridine rings is 1. The van der Waals surface area contributed by atoms with E-state index in [2.05, 4.69) is 10.1 Å². The first-order chi connectivity index (χ1) is 6.75. The Hall–Kier alpha value is -1.35. The molecule has 0 aliphatic heterocycles. The highest BCUT2D eigenvalue weighted by atomic mass is 32.2. The number of hydrogen-bond donors (Lipinski definition) is 2. The van der Waals surface area contributed by atoms with E-state index in [-0.39, 0.29) is 0 Å². The number of anilines is 1. The van der Waals surface area contributed by atoms with Crippen molar-refractivity contribution >= 4 is 15.8 Å². The van der Waals surface area contributed by atoms with E-state index in [0.717, 1.165) is 0 Å². The van der Waals surface area contributed by atoms with E-state index in [1.165, 1.54) is 0 Å². The number of alkyl halides is 2. The second kappa shape index (κ2) is 3.66. The van der Waals surface area contributed by atoms with Crippen LogP contribution in [0, 0.1) is 5.82 Å². The first-order valence-corrected chi connectivity index (χ1v) is 5.04. The SMILES string of the molecule is Nc1ncc(F)c(S(N)(=O)=O)c1C(F)F. The van der Waals surface area contributed by atoms with Gasteiger partial charge in [-0.25, -0.2) is 31.7 Å². The Labute approximate surface area is 83.0 Å². The number of primary sulfonamides is 1. The zero-order chi connectivity index (χ0) is 11.8. The molecule has 84 valence electrons. The molecule has 0 unspecified atom stereocenters. The average Bonchev–Trinajstić information content (AvgIpc) is 2.05. The molecule has 0 atom stereocenters. The summed E-state index contributed by atoms with van der Waals surface area (Å²) in [6.07, 6.45) is -2.86. The summed E-state index contributed by atoms with van der Waals surface area (Å²) in [5.41, 5.74) is 3.80. The predicted octanol–water partition coefficient (Wildman–Crippen LogP) is 0.388. The van der Waals surface area contributed by atoms with Gasteiger partial charge >= 0.3 is 0 Å². The molecule has 0 saturated heterocycles. The van der Waals surface area contributed by atoms with Crippen molar-refractivity contribution in [3.05, 3.63) is 17.6 Å². The topological polar surface area (TPSA) is 99.1 Å². The zero-order valence-corrected chi connectivity index (χ0v) is 7.93. The van der Waals surface area contributed by atoms with Gasteiger partial charge in [0.25, 0.3) is 6.43 Å². The third-order valence-electron chi connectivity index (χ3n) is 1.56. The van der Waals surface area contributed by atoms with E-state index < -0.39 is 38.5 Å². The van der Waals surface area contributed by atoms with E-state index in [4.69, 9.17) is 5.73 Å². The Morgan fingerprint density at radius 2 is 1.93 bits per heavy atom. The van der Waals surface area contributed by atoms with Gasteiger partial charge in [0.15, 0.2) is 5.82 Å². The summed E-state index contributed by atoms with van der Waals surface area (Å²) in [5.74, 6) is -2.22. The Balaban J connectivity index is 3.68. The lowest BCUT2D eigenvalue weighted by Crippen LogP contribution is -2.18. The molecule has 15 heavy (non-hydrogen) atoms. The van der Waals surface area contributed by atoms with Gasteiger partial charge in [-0.2, -0.15) is 0 Å². The van der Waals surface area contributed by atoms with Crippen LogP contribution in [0.5, 0.6) is 0 Å². The molecule has 0 bridgehead atoms. The van der Waals surface area contributed by atoms with Crippen LogP contribution in [0.3, 0.4) is 0 Å². The van der Waals surface area contributed by atoms with Crippen LogP contribution >= 0.6 is 0 Å². The van der Waals surface area contributed by atoms with Gasteiger partial charge in [0.2, 0.25) is 10.0 Å². The molecule has 1 aromatic rings. The number of nitrogens with two attached hydrogens (primary N) is 2. The van der Waals surface area contributed by atoms with Crippen LogP contribution in [-0.4, -0.2) is 13.4 Å². The average molecular weight is 241 g/mol. The first-order valence-electron chi connectivity index (χ1n) is 3.50.